The van der Waals surface area contributed by atoms with E-state index in [1.807, 2.05) is 6.92 Å². The number of aromatic hydroxyl groups is 1. The normalized spacial score (nSPS) is 15.6. The number of hydrogen-bond acceptors (Lipinski definition) is 7. The van der Waals surface area contributed by atoms with Crippen LogP contribution in [-0.4, -0.2) is 46.9 Å². The molecule has 1 aliphatic heterocycles. The third-order valence-corrected chi connectivity index (χ3v) is 4.41. The quantitative estimate of drug-likeness (QED) is 0.421. The summed E-state index contributed by atoms with van der Waals surface area (Å²) in [5, 5.41) is 9.20. The van der Waals surface area contributed by atoms with Crippen LogP contribution in [0.2, 0.25) is 0 Å². The van der Waals surface area contributed by atoms with Gasteiger partial charge < -0.3 is 14.6 Å². The Morgan fingerprint density at radius 2 is 2.08 bits per heavy atom. The maximum atomic E-state index is 12.4. The molecule has 0 bridgehead atoms. The molecule has 2 rings (SSSR count). The largest absolute Gasteiger partial charge is 0.504 e. The minimum atomic E-state index is -0.606. The van der Waals surface area contributed by atoms with Gasteiger partial charge in [-0.15, -0.1) is 0 Å². The molecule has 1 aliphatic rings. The van der Waals surface area contributed by atoms with Gasteiger partial charge in [0.1, 0.15) is 6.54 Å². The van der Waals surface area contributed by atoms with Crippen molar-refractivity contribution in [2.45, 2.75) is 26.7 Å². The van der Waals surface area contributed by atoms with E-state index in [9.17, 15) is 19.5 Å². The van der Waals surface area contributed by atoms with Crippen molar-refractivity contribution >= 4 is 35.0 Å². The summed E-state index contributed by atoms with van der Waals surface area (Å²) in [4.78, 5) is 37.2. The fourth-order valence-electron chi connectivity index (χ4n) is 2.18. The summed E-state index contributed by atoms with van der Waals surface area (Å²) < 4.78 is 10.3. The zero-order valence-corrected chi connectivity index (χ0v) is 15.5. The number of thioether (sulfide) groups is 1. The van der Waals surface area contributed by atoms with Crippen LogP contribution in [0.5, 0.6) is 11.5 Å². The third kappa shape index (κ3) is 5.01. The number of phenols is 1. The monoisotopic (exact) mass is 379 g/mol. The van der Waals surface area contributed by atoms with Gasteiger partial charge in [-0.25, -0.2) is 0 Å². The minimum Gasteiger partial charge on any atom is -0.504 e. The summed E-state index contributed by atoms with van der Waals surface area (Å²) in [5.74, 6) is -0.865. The summed E-state index contributed by atoms with van der Waals surface area (Å²) in [5.41, 5.74) is 0.599. The first-order valence-electron chi connectivity index (χ1n) is 8.33. The van der Waals surface area contributed by atoms with Crippen LogP contribution in [0.3, 0.4) is 0 Å². The van der Waals surface area contributed by atoms with Crippen molar-refractivity contribution in [2.75, 3.05) is 19.8 Å². The Balaban J connectivity index is 2.09. The Labute approximate surface area is 156 Å². The van der Waals surface area contributed by atoms with Crippen molar-refractivity contribution in [1.29, 1.82) is 0 Å². The standard InChI is InChI=1S/C18H21NO6S/c1-3-5-8-25-16(21)11-19-17(22)15(26-18(19)23)10-12-6-7-13(20)14(9-12)24-4-2/h6-7,9-10,20H,3-5,8,11H2,1-2H3/b15-10+. The number of esters is 1. The van der Waals surface area contributed by atoms with Crippen LogP contribution in [-0.2, 0) is 14.3 Å². The fourth-order valence-corrected chi connectivity index (χ4v) is 3.02. The van der Waals surface area contributed by atoms with Crippen LogP contribution in [0.15, 0.2) is 23.1 Å². The molecule has 0 radical (unpaired) electrons. The Morgan fingerprint density at radius 3 is 2.77 bits per heavy atom. The lowest BCUT2D eigenvalue weighted by atomic mass is 10.2. The molecule has 0 unspecified atom stereocenters. The molecule has 0 aromatic heterocycles. The summed E-state index contributed by atoms with van der Waals surface area (Å²) in [6.45, 7) is 4.01. The molecule has 1 aromatic carbocycles. The Morgan fingerprint density at radius 1 is 1.31 bits per heavy atom. The molecule has 1 saturated heterocycles. The van der Waals surface area contributed by atoms with E-state index in [-0.39, 0.29) is 17.3 Å². The highest BCUT2D eigenvalue weighted by molar-refractivity contribution is 8.18. The van der Waals surface area contributed by atoms with Crippen LogP contribution in [0, 0.1) is 0 Å². The first-order valence-corrected chi connectivity index (χ1v) is 9.14. The second-order valence-corrected chi connectivity index (χ2v) is 6.50. The summed E-state index contributed by atoms with van der Waals surface area (Å²) >= 11 is 0.758. The Bertz CT molecular complexity index is 730. The molecule has 26 heavy (non-hydrogen) atoms. The molecule has 1 aromatic rings. The van der Waals surface area contributed by atoms with Crippen molar-refractivity contribution in [3.05, 3.63) is 28.7 Å². The zero-order chi connectivity index (χ0) is 19.1. The van der Waals surface area contributed by atoms with Crippen molar-refractivity contribution in [3.8, 4) is 11.5 Å². The summed E-state index contributed by atoms with van der Waals surface area (Å²) in [6.07, 6.45) is 3.14. The number of amides is 2. The second-order valence-electron chi connectivity index (χ2n) is 5.50. The van der Waals surface area contributed by atoms with E-state index in [0.29, 0.717) is 17.9 Å². The van der Waals surface area contributed by atoms with Crippen LogP contribution in [0.1, 0.15) is 32.3 Å². The molecule has 140 valence electrons. The molecule has 1 heterocycles. The van der Waals surface area contributed by atoms with E-state index in [1.54, 1.807) is 19.1 Å². The average Bonchev–Trinajstić information content (AvgIpc) is 2.86. The predicted octanol–water partition coefficient (Wildman–Crippen LogP) is 3.17. The van der Waals surface area contributed by atoms with Crippen LogP contribution in [0.25, 0.3) is 6.08 Å². The lowest BCUT2D eigenvalue weighted by molar-refractivity contribution is -0.146. The van der Waals surface area contributed by atoms with Gasteiger partial charge in [0.2, 0.25) is 0 Å². The number of phenolic OH excluding ortho intramolecular Hbond substituents is 1. The second kappa shape index (κ2) is 9.28. The number of ether oxygens (including phenoxy) is 2. The molecular formula is C18H21NO6S. The van der Waals surface area contributed by atoms with Crippen molar-refractivity contribution in [2.24, 2.45) is 0 Å². The van der Waals surface area contributed by atoms with E-state index in [4.69, 9.17) is 9.47 Å². The molecular weight excluding hydrogens is 358 g/mol. The highest BCUT2D eigenvalue weighted by Crippen LogP contribution is 2.34. The molecule has 0 atom stereocenters. The van der Waals surface area contributed by atoms with Crippen molar-refractivity contribution in [3.63, 3.8) is 0 Å². The van der Waals surface area contributed by atoms with E-state index < -0.39 is 23.7 Å². The fraction of sp³-hybridized carbons (Fsp3) is 0.389. The number of carbonyl (C=O) groups is 3. The van der Waals surface area contributed by atoms with Gasteiger partial charge in [-0.1, -0.05) is 19.4 Å². The first-order chi connectivity index (χ1) is 12.5. The number of benzene rings is 1. The van der Waals surface area contributed by atoms with Gasteiger partial charge >= 0.3 is 5.97 Å². The topological polar surface area (TPSA) is 93.1 Å². The van der Waals surface area contributed by atoms with Crippen LogP contribution >= 0.6 is 11.8 Å². The van der Waals surface area contributed by atoms with Gasteiger partial charge in [-0.2, -0.15) is 0 Å². The van der Waals surface area contributed by atoms with Gasteiger partial charge in [0.15, 0.2) is 11.5 Å². The maximum absolute atomic E-state index is 12.4. The van der Waals surface area contributed by atoms with Gasteiger partial charge in [0.25, 0.3) is 11.1 Å². The number of hydrogen-bond donors (Lipinski definition) is 1. The highest BCUT2D eigenvalue weighted by atomic mass is 32.2. The third-order valence-electron chi connectivity index (χ3n) is 3.50. The predicted molar refractivity (Wildman–Crippen MR) is 97.8 cm³/mol. The molecule has 7 nitrogen and oxygen atoms in total. The summed E-state index contributed by atoms with van der Waals surface area (Å²) in [7, 11) is 0. The Hall–Kier alpha value is -2.48. The Kier molecular flexibility index (Phi) is 7.08. The number of unbranched alkanes of at least 4 members (excludes halogenated alkanes) is 1. The van der Waals surface area contributed by atoms with E-state index in [1.165, 1.54) is 12.1 Å². The lowest BCUT2D eigenvalue weighted by Gasteiger charge is -2.11. The average molecular weight is 379 g/mol. The minimum absolute atomic E-state index is 0.00747. The molecule has 0 aliphatic carbocycles. The molecule has 8 heteroatoms. The number of carbonyl (C=O) groups excluding carboxylic acids is 3. The van der Waals surface area contributed by atoms with Crippen molar-refractivity contribution in [1.82, 2.24) is 4.90 Å². The zero-order valence-electron chi connectivity index (χ0n) is 14.7. The summed E-state index contributed by atoms with van der Waals surface area (Å²) in [6, 6.07) is 4.63. The SMILES string of the molecule is CCCCOC(=O)CN1C(=O)S/C(=C/c2ccc(O)c(OCC)c2)C1=O. The van der Waals surface area contributed by atoms with E-state index >= 15 is 0 Å². The number of nitrogens with zero attached hydrogens (tertiary/aromatic N) is 1. The first kappa shape index (κ1) is 19.8. The number of imide groups is 1. The van der Waals surface area contributed by atoms with Gasteiger partial charge in [0.05, 0.1) is 18.1 Å². The smallest absolute Gasteiger partial charge is 0.326 e. The molecule has 1 N–H and O–H groups in total. The maximum Gasteiger partial charge on any atom is 0.326 e. The van der Waals surface area contributed by atoms with Crippen LogP contribution < -0.4 is 4.74 Å². The molecule has 2 amide bonds. The highest BCUT2D eigenvalue weighted by Gasteiger charge is 2.36. The lowest BCUT2D eigenvalue weighted by Crippen LogP contribution is -2.34. The molecule has 1 fully saturated rings. The number of rotatable bonds is 8. The van der Waals surface area contributed by atoms with Crippen LogP contribution in [0.4, 0.5) is 4.79 Å². The van der Waals surface area contributed by atoms with Gasteiger partial charge in [-0.3, -0.25) is 19.3 Å². The van der Waals surface area contributed by atoms with Gasteiger partial charge in [0, 0.05) is 0 Å². The van der Waals surface area contributed by atoms with Gasteiger partial charge in [-0.05, 0) is 48.9 Å². The van der Waals surface area contributed by atoms with E-state index in [0.717, 1.165) is 29.5 Å². The van der Waals surface area contributed by atoms with Crippen molar-refractivity contribution < 1.29 is 29.0 Å². The van der Waals surface area contributed by atoms with E-state index in [2.05, 4.69) is 0 Å². The molecule has 0 saturated carbocycles. The molecule has 0 spiro atoms.